The van der Waals surface area contributed by atoms with E-state index < -0.39 is 0 Å². The van der Waals surface area contributed by atoms with E-state index >= 15 is 0 Å². The summed E-state index contributed by atoms with van der Waals surface area (Å²) in [5.74, 6) is 0.945. The van der Waals surface area contributed by atoms with E-state index in [-0.39, 0.29) is 0 Å². The van der Waals surface area contributed by atoms with Crippen LogP contribution in [0.5, 0.6) is 0 Å². The fourth-order valence-electron chi connectivity index (χ4n) is 3.86. The van der Waals surface area contributed by atoms with Gasteiger partial charge in [0.25, 0.3) is 0 Å². The summed E-state index contributed by atoms with van der Waals surface area (Å²) in [5.41, 5.74) is 7.88. The fourth-order valence-corrected chi connectivity index (χ4v) is 3.86. The van der Waals surface area contributed by atoms with Crippen LogP contribution in [0.4, 0.5) is 0 Å². The Hall–Kier alpha value is -0.930. The molecule has 3 nitrogen and oxygen atoms in total. The zero-order chi connectivity index (χ0) is 13.1. The lowest BCUT2D eigenvalue weighted by molar-refractivity contribution is 0.0537. The molecule has 0 amide bonds. The second-order valence-electron chi connectivity index (χ2n) is 6.05. The monoisotopic (exact) mass is 259 g/mol. The van der Waals surface area contributed by atoms with E-state index in [1.165, 1.54) is 50.8 Å². The minimum absolute atomic E-state index is 0.542. The molecule has 104 valence electrons. The van der Waals surface area contributed by atoms with Crippen LogP contribution in [-0.2, 0) is 13.1 Å². The van der Waals surface area contributed by atoms with Gasteiger partial charge < -0.3 is 5.73 Å². The van der Waals surface area contributed by atoms with Crippen LogP contribution in [0.2, 0.25) is 0 Å². The first-order valence-corrected chi connectivity index (χ1v) is 7.76. The molecule has 1 saturated heterocycles. The lowest BCUT2D eigenvalue weighted by atomic mass is 9.78. The number of pyridine rings is 1. The molecule has 0 bridgehead atoms. The van der Waals surface area contributed by atoms with E-state index in [2.05, 4.69) is 22.0 Å². The Morgan fingerprint density at radius 1 is 1.11 bits per heavy atom. The number of nitrogens with zero attached hydrogens (tertiary/aromatic N) is 2. The van der Waals surface area contributed by atoms with Gasteiger partial charge in [0.1, 0.15) is 0 Å². The molecule has 19 heavy (non-hydrogen) atoms. The van der Waals surface area contributed by atoms with Crippen LogP contribution < -0.4 is 5.73 Å². The van der Waals surface area contributed by atoms with Gasteiger partial charge in [0.05, 0.1) is 11.4 Å². The van der Waals surface area contributed by atoms with Crippen molar-refractivity contribution >= 4 is 0 Å². The fraction of sp³-hybridized carbons (Fsp3) is 0.688. The molecular weight excluding hydrogens is 234 g/mol. The number of rotatable bonds is 3. The Labute approximate surface area is 116 Å². The molecule has 1 aliphatic carbocycles. The van der Waals surface area contributed by atoms with Gasteiger partial charge in [-0.25, -0.2) is 0 Å². The maximum Gasteiger partial charge on any atom is 0.0547 e. The maximum absolute atomic E-state index is 5.68. The molecule has 2 atom stereocenters. The number of likely N-dealkylation sites (tertiary alicyclic amines) is 1. The van der Waals surface area contributed by atoms with Crippen molar-refractivity contribution < 1.29 is 0 Å². The lowest BCUT2D eigenvalue weighted by Gasteiger charge is -2.44. The van der Waals surface area contributed by atoms with Crippen LogP contribution >= 0.6 is 0 Å². The summed E-state index contributed by atoms with van der Waals surface area (Å²) >= 11 is 0. The summed E-state index contributed by atoms with van der Waals surface area (Å²) in [6.07, 6.45) is 8.48. The molecule has 2 fully saturated rings. The summed E-state index contributed by atoms with van der Waals surface area (Å²) in [6, 6.07) is 7.06. The van der Waals surface area contributed by atoms with Crippen molar-refractivity contribution in [2.75, 3.05) is 6.54 Å². The molecule has 1 saturated carbocycles. The molecule has 1 aliphatic heterocycles. The van der Waals surface area contributed by atoms with Crippen molar-refractivity contribution in [3.63, 3.8) is 0 Å². The number of fused-ring (bicyclic) bond motifs is 1. The van der Waals surface area contributed by atoms with Gasteiger partial charge in [0, 0.05) is 19.1 Å². The second-order valence-corrected chi connectivity index (χ2v) is 6.05. The Kier molecular flexibility index (Phi) is 4.14. The van der Waals surface area contributed by atoms with Crippen LogP contribution in [-0.4, -0.2) is 22.5 Å². The average Bonchev–Trinajstić information content (AvgIpc) is 2.48. The largest absolute Gasteiger partial charge is 0.325 e. The van der Waals surface area contributed by atoms with E-state index in [1.807, 2.05) is 6.07 Å². The third-order valence-corrected chi connectivity index (χ3v) is 4.80. The maximum atomic E-state index is 5.68. The molecule has 1 aromatic heterocycles. The minimum Gasteiger partial charge on any atom is -0.325 e. The molecule has 3 heteroatoms. The van der Waals surface area contributed by atoms with E-state index in [0.29, 0.717) is 6.54 Å². The summed E-state index contributed by atoms with van der Waals surface area (Å²) in [6.45, 7) is 2.80. The zero-order valence-corrected chi connectivity index (χ0v) is 11.7. The summed E-state index contributed by atoms with van der Waals surface area (Å²) < 4.78 is 0. The molecule has 1 aromatic rings. The quantitative estimate of drug-likeness (QED) is 0.907. The van der Waals surface area contributed by atoms with Crippen LogP contribution in [0.15, 0.2) is 18.2 Å². The predicted octanol–water partition coefficient (Wildman–Crippen LogP) is 2.69. The van der Waals surface area contributed by atoms with Crippen molar-refractivity contribution in [2.45, 2.75) is 57.7 Å². The van der Waals surface area contributed by atoms with Gasteiger partial charge in [-0.2, -0.15) is 0 Å². The third-order valence-electron chi connectivity index (χ3n) is 4.80. The summed E-state index contributed by atoms with van der Waals surface area (Å²) in [5, 5.41) is 0. The minimum atomic E-state index is 0.542. The number of hydrogen-bond acceptors (Lipinski definition) is 3. The van der Waals surface area contributed by atoms with Crippen molar-refractivity contribution in [2.24, 2.45) is 11.7 Å². The third kappa shape index (κ3) is 2.98. The molecule has 2 N–H and O–H groups in total. The van der Waals surface area contributed by atoms with Gasteiger partial charge in [0.2, 0.25) is 0 Å². The topological polar surface area (TPSA) is 42.1 Å². The van der Waals surface area contributed by atoms with E-state index in [9.17, 15) is 0 Å². The van der Waals surface area contributed by atoms with E-state index in [4.69, 9.17) is 5.73 Å². The lowest BCUT2D eigenvalue weighted by Crippen LogP contribution is -2.46. The van der Waals surface area contributed by atoms with Gasteiger partial charge >= 0.3 is 0 Å². The normalized spacial score (nSPS) is 28.1. The van der Waals surface area contributed by atoms with Crippen molar-refractivity contribution in [3.05, 3.63) is 29.6 Å². The highest BCUT2D eigenvalue weighted by molar-refractivity contribution is 5.11. The Balaban J connectivity index is 1.70. The Bertz CT molecular complexity index is 416. The SMILES string of the molecule is NCc1cccc(CN2CCC[C@H]3CCCC[C@H]32)n1. The van der Waals surface area contributed by atoms with Gasteiger partial charge in [-0.15, -0.1) is 0 Å². The number of aromatic nitrogens is 1. The highest BCUT2D eigenvalue weighted by Crippen LogP contribution is 2.35. The van der Waals surface area contributed by atoms with Crippen molar-refractivity contribution in [1.82, 2.24) is 9.88 Å². The number of piperidine rings is 1. The molecule has 2 heterocycles. The smallest absolute Gasteiger partial charge is 0.0547 e. The molecule has 0 aromatic carbocycles. The first-order valence-electron chi connectivity index (χ1n) is 7.76. The standard InChI is InChI=1S/C16H25N3/c17-11-14-7-3-8-15(18-14)12-19-10-4-6-13-5-1-2-9-16(13)19/h3,7-8,13,16H,1-2,4-6,9-12,17H2/t13-,16-/m1/s1. The summed E-state index contributed by atoms with van der Waals surface area (Å²) in [4.78, 5) is 7.33. The average molecular weight is 259 g/mol. The molecule has 2 aliphatic rings. The van der Waals surface area contributed by atoms with E-state index in [1.54, 1.807) is 0 Å². The van der Waals surface area contributed by atoms with Gasteiger partial charge in [-0.05, 0) is 50.3 Å². The highest BCUT2D eigenvalue weighted by Gasteiger charge is 2.33. The molecule has 0 spiro atoms. The molecule has 3 rings (SSSR count). The van der Waals surface area contributed by atoms with Crippen molar-refractivity contribution in [3.8, 4) is 0 Å². The van der Waals surface area contributed by atoms with Gasteiger partial charge in [-0.3, -0.25) is 9.88 Å². The molecular formula is C16H25N3. The number of hydrogen-bond donors (Lipinski definition) is 1. The first-order chi connectivity index (χ1) is 9.36. The highest BCUT2D eigenvalue weighted by atomic mass is 15.2. The zero-order valence-electron chi connectivity index (χ0n) is 11.7. The van der Waals surface area contributed by atoms with Gasteiger partial charge in [0.15, 0.2) is 0 Å². The Morgan fingerprint density at radius 2 is 1.89 bits per heavy atom. The summed E-state index contributed by atoms with van der Waals surface area (Å²) in [7, 11) is 0. The number of nitrogens with two attached hydrogens (primary N) is 1. The Morgan fingerprint density at radius 3 is 2.79 bits per heavy atom. The van der Waals surface area contributed by atoms with Crippen LogP contribution in [0.1, 0.15) is 49.9 Å². The second kappa shape index (κ2) is 6.02. The van der Waals surface area contributed by atoms with Crippen LogP contribution in [0.3, 0.4) is 0 Å². The van der Waals surface area contributed by atoms with Gasteiger partial charge in [-0.1, -0.05) is 18.9 Å². The predicted molar refractivity (Wildman–Crippen MR) is 77.5 cm³/mol. The van der Waals surface area contributed by atoms with Crippen molar-refractivity contribution in [1.29, 1.82) is 0 Å². The van der Waals surface area contributed by atoms with Crippen LogP contribution in [0.25, 0.3) is 0 Å². The molecule has 0 unspecified atom stereocenters. The van der Waals surface area contributed by atoms with Crippen LogP contribution in [0, 0.1) is 5.92 Å². The first kappa shape index (κ1) is 13.1. The van der Waals surface area contributed by atoms with E-state index in [0.717, 1.165) is 24.2 Å². The molecule has 0 radical (unpaired) electrons.